The molecule has 22 heavy (non-hydrogen) atoms. The normalized spacial score (nSPS) is 11.2. The molecule has 0 fully saturated rings. The molecule has 0 aliphatic heterocycles. The molecule has 0 spiro atoms. The monoisotopic (exact) mass is 311 g/mol. The molecule has 3 nitrogen and oxygen atoms in total. The van der Waals surface area contributed by atoms with Crippen molar-refractivity contribution in [2.75, 3.05) is 20.0 Å². The molecule has 0 unspecified atom stereocenters. The average molecular weight is 311 g/mol. The molecule has 0 amide bonds. The Hall–Kier alpha value is -2.46. The van der Waals surface area contributed by atoms with Gasteiger partial charge in [0.05, 0.1) is 19.9 Å². The third kappa shape index (κ3) is 2.78. The molecule has 2 N–H and O–H groups in total. The van der Waals surface area contributed by atoms with Gasteiger partial charge in [-0.2, -0.15) is 0 Å². The Morgan fingerprint density at radius 3 is 2.41 bits per heavy atom. The fourth-order valence-corrected chi connectivity index (χ4v) is 3.22. The van der Waals surface area contributed by atoms with E-state index in [1.165, 1.54) is 4.70 Å². The number of hydrogen-bond acceptors (Lipinski definition) is 4. The first-order chi connectivity index (χ1) is 10.7. The van der Waals surface area contributed by atoms with Crippen LogP contribution in [0.2, 0.25) is 0 Å². The molecule has 0 saturated carbocycles. The molecule has 1 heterocycles. The highest BCUT2D eigenvalue weighted by atomic mass is 32.1. The van der Waals surface area contributed by atoms with Gasteiger partial charge in [0.25, 0.3) is 0 Å². The first kappa shape index (κ1) is 14.5. The van der Waals surface area contributed by atoms with Crippen molar-refractivity contribution in [2.24, 2.45) is 0 Å². The van der Waals surface area contributed by atoms with Crippen molar-refractivity contribution in [1.82, 2.24) is 0 Å². The molecule has 3 aromatic rings. The van der Waals surface area contributed by atoms with Crippen LogP contribution in [0.1, 0.15) is 11.1 Å². The average Bonchev–Trinajstić information content (AvgIpc) is 3.00. The van der Waals surface area contributed by atoms with Crippen LogP contribution < -0.4 is 15.2 Å². The Labute approximate surface area is 133 Å². The number of fused-ring (bicyclic) bond motifs is 1. The number of thiophene rings is 1. The minimum absolute atomic E-state index is 0.635. The number of nitrogen functional groups attached to an aromatic ring is 1. The zero-order chi connectivity index (χ0) is 15.5. The third-order valence-corrected chi connectivity index (χ3v) is 4.36. The van der Waals surface area contributed by atoms with Crippen molar-refractivity contribution in [3.63, 3.8) is 0 Å². The molecule has 0 radical (unpaired) electrons. The maximum atomic E-state index is 5.93. The van der Waals surface area contributed by atoms with E-state index in [-0.39, 0.29) is 0 Å². The Morgan fingerprint density at radius 1 is 0.909 bits per heavy atom. The van der Waals surface area contributed by atoms with E-state index in [2.05, 4.69) is 23.6 Å². The second-order valence-corrected chi connectivity index (χ2v) is 5.84. The lowest BCUT2D eigenvalue weighted by Gasteiger charge is -2.05. The van der Waals surface area contributed by atoms with E-state index in [1.807, 2.05) is 30.3 Å². The summed E-state index contributed by atoms with van der Waals surface area (Å²) in [5, 5.41) is 3.23. The largest absolute Gasteiger partial charge is 0.496 e. The third-order valence-electron chi connectivity index (χ3n) is 3.50. The Kier molecular flexibility index (Phi) is 4.02. The maximum absolute atomic E-state index is 5.93. The van der Waals surface area contributed by atoms with Gasteiger partial charge >= 0.3 is 0 Å². The standard InChI is InChI=1S/C18H17NO2S/c1-20-16-6-5-12(9-15(16)19)3-4-13-10-17(21-2)14-7-8-22-18(14)11-13/h3-11H,19H2,1-2H3/b4-3-. The summed E-state index contributed by atoms with van der Waals surface area (Å²) >= 11 is 1.71. The van der Waals surface area contributed by atoms with E-state index >= 15 is 0 Å². The van der Waals surface area contributed by atoms with E-state index in [4.69, 9.17) is 15.2 Å². The van der Waals surface area contributed by atoms with Gasteiger partial charge in [-0.1, -0.05) is 18.2 Å². The van der Waals surface area contributed by atoms with Crippen molar-refractivity contribution < 1.29 is 9.47 Å². The minimum atomic E-state index is 0.635. The Bertz CT molecular complexity index is 836. The van der Waals surface area contributed by atoms with E-state index in [0.29, 0.717) is 11.4 Å². The van der Waals surface area contributed by atoms with Crippen LogP contribution in [0.5, 0.6) is 11.5 Å². The van der Waals surface area contributed by atoms with Gasteiger partial charge in [-0.05, 0) is 46.8 Å². The van der Waals surface area contributed by atoms with Gasteiger partial charge in [0.2, 0.25) is 0 Å². The van der Waals surface area contributed by atoms with Crippen LogP contribution in [0.15, 0.2) is 41.8 Å². The number of benzene rings is 2. The number of hydrogen-bond donors (Lipinski definition) is 1. The van der Waals surface area contributed by atoms with E-state index in [0.717, 1.165) is 22.3 Å². The summed E-state index contributed by atoms with van der Waals surface area (Å²) in [5.74, 6) is 1.59. The lowest BCUT2D eigenvalue weighted by Crippen LogP contribution is -1.92. The molecule has 0 atom stereocenters. The van der Waals surface area contributed by atoms with E-state index in [1.54, 1.807) is 25.6 Å². The van der Waals surface area contributed by atoms with Crippen LogP contribution in [0.4, 0.5) is 5.69 Å². The molecule has 112 valence electrons. The highest BCUT2D eigenvalue weighted by Gasteiger charge is 2.04. The predicted molar refractivity (Wildman–Crippen MR) is 94.7 cm³/mol. The van der Waals surface area contributed by atoms with Gasteiger partial charge in [-0.25, -0.2) is 0 Å². The summed E-state index contributed by atoms with van der Waals surface area (Å²) in [6.07, 6.45) is 4.09. The molecular formula is C18H17NO2S. The minimum Gasteiger partial charge on any atom is -0.496 e. The number of anilines is 1. The van der Waals surface area contributed by atoms with Crippen LogP contribution in [-0.4, -0.2) is 14.2 Å². The molecule has 0 aliphatic rings. The van der Waals surface area contributed by atoms with Crippen LogP contribution >= 0.6 is 11.3 Å². The molecular weight excluding hydrogens is 294 g/mol. The van der Waals surface area contributed by atoms with Gasteiger partial charge in [-0.15, -0.1) is 11.3 Å². The highest BCUT2D eigenvalue weighted by molar-refractivity contribution is 7.17. The fourth-order valence-electron chi connectivity index (χ4n) is 2.37. The summed E-state index contributed by atoms with van der Waals surface area (Å²) in [6, 6.07) is 12.0. The fraction of sp³-hybridized carbons (Fsp3) is 0.111. The lowest BCUT2D eigenvalue weighted by molar-refractivity contribution is 0.417. The molecule has 2 aromatic carbocycles. The second-order valence-electron chi connectivity index (χ2n) is 4.89. The Morgan fingerprint density at radius 2 is 1.68 bits per heavy atom. The van der Waals surface area contributed by atoms with Crippen LogP contribution in [-0.2, 0) is 0 Å². The van der Waals surface area contributed by atoms with Crippen molar-refractivity contribution >= 4 is 39.3 Å². The summed E-state index contributed by atoms with van der Waals surface area (Å²) in [7, 11) is 3.31. The highest BCUT2D eigenvalue weighted by Crippen LogP contribution is 2.32. The van der Waals surface area contributed by atoms with Crippen LogP contribution in [0.3, 0.4) is 0 Å². The van der Waals surface area contributed by atoms with Gasteiger partial charge in [0.15, 0.2) is 0 Å². The number of methoxy groups -OCH3 is 2. The molecule has 1 aromatic heterocycles. The van der Waals surface area contributed by atoms with Gasteiger partial charge in [0, 0.05) is 10.1 Å². The van der Waals surface area contributed by atoms with Crippen molar-refractivity contribution in [1.29, 1.82) is 0 Å². The SMILES string of the molecule is COc1ccc(/C=C\c2cc(OC)c3ccsc3c2)cc1N. The Balaban J connectivity index is 1.93. The zero-order valence-electron chi connectivity index (χ0n) is 12.5. The summed E-state index contributed by atoms with van der Waals surface area (Å²) in [4.78, 5) is 0. The van der Waals surface area contributed by atoms with Gasteiger partial charge < -0.3 is 15.2 Å². The first-order valence-electron chi connectivity index (χ1n) is 6.88. The molecule has 0 aliphatic carbocycles. The molecule has 3 rings (SSSR count). The predicted octanol–water partition coefficient (Wildman–Crippen LogP) is 4.67. The van der Waals surface area contributed by atoms with Crippen LogP contribution in [0.25, 0.3) is 22.2 Å². The number of ether oxygens (including phenoxy) is 2. The summed E-state index contributed by atoms with van der Waals surface area (Å²) in [5.41, 5.74) is 8.69. The smallest absolute Gasteiger partial charge is 0.141 e. The van der Waals surface area contributed by atoms with E-state index < -0.39 is 0 Å². The van der Waals surface area contributed by atoms with E-state index in [9.17, 15) is 0 Å². The van der Waals surface area contributed by atoms with Gasteiger partial charge in [-0.3, -0.25) is 0 Å². The number of nitrogens with two attached hydrogens (primary N) is 1. The van der Waals surface area contributed by atoms with Crippen LogP contribution in [0, 0.1) is 0 Å². The molecule has 0 saturated heterocycles. The molecule has 0 bridgehead atoms. The maximum Gasteiger partial charge on any atom is 0.141 e. The quantitative estimate of drug-likeness (QED) is 0.562. The lowest BCUT2D eigenvalue weighted by atomic mass is 10.1. The topological polar surface area (TPSA) is 44.5 Å². The van der Waals surface area contributed by atoms with Crippen molar-refractivity contribution in [3.8, 4) is 11.5 Å². The number of rotatable bonds is 4. The molecule has 4 heteroatoms. The summed E-state index contributed by atoms with van der Waals surface area (Å²) in [6.45, 7) is 0. The first-order valence-corrected chi connectivity index (χ1v) is 7.76. The zero-order valence-corrected chi connectivity index (χ0v) is 13.3. The van der Waals surface area contributed by atoms with Crippen molar-refractivity contribution in [3.05, 3.63) is 52.9 Å². The van der Waals surface area contributed by atoms with Crippen molar-refractivity contribution in [2.45, 2.75) is 0 Å². The van der Waals surface area contributed by atoms with Gasteiger partial charge in [0.1, 0.15) is 11.5 Å². The second kappa shape index (κ2) is 6.12. The summed E-state index contributed by atoms with van der Waals surface area (Å²) < 4.78 is 11.8.